The lowest BCUT2D eigenvalue weighted by Crippen LogP contribution is -1.89. The summed E-state index contributed by atoms with van der Waals surface area (Å²) in [7, 11) is 0. The van der Waals surface area contributed by atoms with E-state index in [2.05, 4.69) is 0 Å². The van der Waals surface area contributed by atoms with Crippen molar-refractivity contribution < 1.29 is 4.74 Å². The zero-order valence-corrected chi connectivity index (χ0v) is 10.7. The van der Waals surface area contributed by atoms with Gasteiger partial charge in [0.1, 0.15) is 11.5 Å². The number of halogens is 2. The van der Waals surface area contributed by atoms with Crippen LogP contribution in [0.5, 0.6) is 11.5 Å². The molecule has 2 N–H and O–H groups in total. The van der Waals surface area contributed by atoms with Crippen LogP contribution in [0.2, 0.25) is 10.0 Å². The van der Waals surface area contributed by atoms with Crippen molar-refractivity contribution in [3.05, 3.63) is 52.0 Å². The molecule has 0 aromatic heterocycles. The Balaban J connectivity index is 2.28. The summed E-state index contributed by atoms with van der Waals surface area (Å²) in [6, 6.07) is 10.7. The van der Waals surface area contributed by atoms with Crippen LogP contribution in [0.15, 0.2) is 36.4 Å². The first kappa shape index (κ1) is 12.1. The van der Waals surface area contributed by atoms with Gasteiger partial charge in [0.2, 0.25) is 0 Å². The van der Waals surface area contributed by atoms with Crippen LogP contribution in [0.4, 0.5) is 5.69 Å². The molecule has 2 rings (SSSR count). The second kappa shape index (κ2) is 4.86. The molecule has 4 heteroatoms. The minimum Gasteiger partial charge on any atom is -0.457 e. The van der Waals surface area contributed by atoms with Gasteiger partial charge in [-0.2, -0.15) is 0 Å². The number of nitrogens with two attached hydrogens (primary N) is 1. The third kappa shape index (κ3) is 3.05. The fourth-order valence-corrected chi connectivity index (χ4v) is 1.80. The van der Waals surface area contributed by atoms with Gasteiger partial charge in [0.15, 0.2) is 0 Å². The highest BCUT2D eigenvalue weighted by Crippen LogP contribution is 2.30. The molecule has 0 saturated carbocycles. The Morgan fingerprint density at radius 2 is 1.71 bits per heavy atom. The molecule has 0 unspecified atom stereocenters. The number of hydrogen-bond donors (Lipinski definition) is 1. The summed E-state index contributed by atoms with van der Waals surface area (Å²) in [5, 5.41) is 0.965. The molecular weight excluding hydrogens is 257 g/mol. The number of hydrogen-bond acceptors (Lipinski definition) is 2. The third-order valence-electron chi connectivity index (χ3n) is 2.20. The van der Waals surface area contributed by atoms with E-state index in [1.807, 2.05) is 19.1 Å². The maximum absolute atomic E-state index is 5.91. The van der Waals surface area contributed by atoms with E-state index in [1.165, 1.54) is 0 Å². The molecule has 0 bridgehead atoms. The first-order valence-corrected chi connectivity index (χ1v) is 5.80. The number of aryl methyl sites for hydroxylation is 1. The largest absolute Gasteiger partial charge is 0.457 e. The van der Waals surface area contributed by atoms with Crippen molar-refractivity contribution in [2.24, 2.45) is 0 Å². The molecule has 0 spiro atoms. The standard InChI is InChI=1S/C13H11Cl2NO/c1-8-4-9(16)6-11(5-8)17-10-2-3-12(14)13(15)7-10/h2-7H,16H2,1H3. The zero-order valence-electron chi connectivity index (χ0n) is 9.21. The second-order valence-electron chi connectivity index (χ2n) is 3.76. The highest BCUT2D eigenvalue weighted by molar-refractivity contribution is 6.42. The zero-order chi connectivity index (χ0) is 12.4. The third-order valence-corrected chi connectivity index (χ3v) is 2.94. The van der Waals surface area contributed by atoms with Crippen LogP contribution in [0, 0.1) is 6.92 Å². The lowest BCUT2D eigenvalue weighted by molar-refractivity contribution is 0.482. The Labute approximate surface area is 110 Å². The molecular formula is C13H11Cl2NO. The van der Waals surface area contributed by atoms with Gasteiger partial charge < -0.3 is 10.5 Å². The van der Waals surface area contributed by atoms with Crippen molar-refractivity contribution in [1.29, 1.82) is 0 Å². The number of nitrogen functional groups attached to an aromatic ring is 1. The Morgan fingerprint density at radius 3 is 2.35 bits per heavy atom. The van der Waals surface area contributed by atoms with Gasteiger partial charge >= 0.3 is 0 Å². The lowest BCUT2D eigenvalue weighted by Gasteiger charge is -2.08. The Kier molecular flexibility index (Phi) is 3.46. The maximum atomic E-state index is 5.91. The number of ether oxygens (including phenoxy) is 1. The Hall–Kier alpha value is -1.38. The summed E-state index contributed by atoms with van der Waals surface area (Å²) in [5.41, 5.74) is 7.45. The van der Waals surface area contributed by atoms with E-state index in [-0.39, 0.29) is 0 Å². The quantitative estimate of drug-likeness (QED) is 0.803. The van der Waals surface area contributed by atoms with Crippen LogP contribution in [0.3, 0.4) is 0 Å². The molecule has 0 aliphatic heterocycles. The molecule has 0 saturated heterocycles. The molecule has 0 radical (unpaired) electrons. The summed E-state index contributed by atoms with van der Waals surface area (Å²) >= 11 is 11.7. The van der Waals surface area contributed by atoms with Crippen molar-refractivity contribution in [2.45, 2.75) is 6.92 Å². The molecule has 88 valence electrons. The highest BCUT2D eigenvalue weighted by atomic mass is 35.5. The van der Waals surface area contributed by atoms with Crippen LogP contribution in [0.25, 0.3) is 0 Å². The van der Waals surface area contributed by atoms with Crippen LogP contribution in [-0.2, 0) is 0 Å². The van der Waals surface area contributed by atoms with E-state index in [1.54, 1.807) is 24.3 Å². The van der Waals surface area contributed by atoms with Crippen LogP contribution >= 0.6 is 23.2 Å². The van der Waals surface area contributed by atoms with Gasteiger partial charge in [-0.15, -0.1) is 0 Å². The first-order valence-electron chi connectivity index (χ1n) is 5.04. The van der Waals surface area contributed by atoms with Gasteiger partial charge in [-0.1, -0.05) is 23.2 Å². The van der Waals surface area contributed by atoms with Gasteiger partial charge in [-0.25, -0.2) is 0 Å². The molecule has 2 aromatic rings. The summed E-state index contributed by atoms with van der Waals surface area (Å²) in [6.07, 6.45) is 0. The molecule has 0 atom stereocenters. The topological polar surface area (TPSA) is 35.2 Å². The Bertz CT molecular complexity index is 535. The molecule has 0 fully saturated rings. The average Bonchev–Trinajstić information content (AvgIpc) is 2.22. The molecule has 17 heavy (non-hydrogen) atoms. The number of rotatable bonds is 2. The van der Waals surface area contributed by atoms with Crippen molar-refractivity contribution in [2.75, 3.05) is 5.73 Å². The molecule has 0 heterocycles. The number of benzene rings is 2. The predicted octanol–water partition coefficient (Wildman–Crippen LogP) is 4.68. The summed E-state index contributed by atoms with van der Waals surface area (Å²) in [5.74, 6) is 1.31. The molecule has 0 aliphatic carbocycles. The first-order chi connectivity index (χ1) is 8.04. The maximum Gasteiger partial charge on any atom is 0.129 e. The fourth-order valence-electron chi connectivity index (χ4n) is 1.51. The molecule has 0 amide bonds. The summed E-state index contributed by atoms with van der Waals surface area (Å²) in [4.78, 5) is 0. The normalized spacial score (nSPS) is 10.3. The highest BCUT2D eigenvalue weighted by Gasteiger charge is 2.03. The summed E-state index contributed by atoms with van der Waals surface area (Å²) in [6.45, 7) is 1.96. The molecule has 2 nitrogen and oxygen atoms in total. The monoisotopic (exact) mass is 267 g/mol. The molecule has 2 aromatic carbocycles. The van der Waals surface area contributed by atoms with Crippen molar-refractivity contribution in [1.82, 2.24) is 0 Å². The van der Waals surface area contributed by atoms with Crippen LogP contribution < -0.4 is 10.5 Å². The Morgan fingerprint density at radius 1 is 0.941 bits per heavy atom. The van der Waals surface area contributed by atoms with Crippen molar-refractivity contribution in [3.8, 4) is 11.5 Å². The van der Waals surface area contributed by atoms with Crippen LogP contribution in [0.1, 0.15) is 5.56 Å². The predicted molar refractivity (Wildman–Crippen MR) is 72.1 cm³/mol. The lowest BCUT2D eigenvalue weighted by atomic mass is 10.2. The van der Waals surface area contributed by atoms with Gasteiger partial charge in [0, 0.05) is 17.8 Å². The van der Waals surface area contributed by atoms with E-state index < -0.39 is 0 Å². The minimum absolute atomic E-state index is 0.463. The smallest absolute Gasteiger partial charge is 0.129 e. The second-order valence-corrected chi connectivity index (χ2v) is 4.57. The van der Waals surface area contributed by atoms with Gasteiger partial charge in [-0.3, -0.25) is 0 Å². The van der Waals surface area contributed by atoms with Gasteiger partial charge in [-0.05, 0) is 36.8 Å². The van der Waals surface area contributed by atoms with E-state index in [0.29, 0.717) is 27.2 Å². The van der Waals surface area contributed by atoms with E-state index in [9.17, 15) is 0 Å². The van der Waals surface area contributed by atoms with Gasteiger partial charge in [0.05, 0.1) is 10.0 Å². The van der Waals surface area contributed by atoms with E-state index >= 15 is 0 Å². The van der Waals surface area contributed by atoms with Crippen LogP contribution in [-0.4, -0.2) is 0 Å². The summed E-state index contributed by atoms with van der Waals surface area (Å²) < 4.78 is 5.65. The van der Waals surface area contributed by atoms with Gasteiger partial charge in [0.25, 0.3) is 0 Å². The minimum atomic E-state index is 0.463. The average molecular weight is 268 g/mol. The SMILES string of the molecule is Cc1cc(N)cc(Oc2ccc(Cl)c(Cl)c2)c1. The van der Waals surface area contributed by atoms with E-state index in [4.69, 9.17) is 33.7 Å². The van der Waals surface area contributed by atoms with Crippen molar-refractivity contribution in [3.63, 3.8) is 0 Å². The number of anilines is 1. The molecule has 0 aliphatic rings. The fraction of sp³-hybridized carbons (Fsp3) is 0.0769. The van der Waals surface area contributed by atoms with E-state index in [0.717, 1.165) is 5.56 Å². The van der Waals surface area contributed by atoms with Crippen molar-refractivity contribution >= 4 is 28.9 Å².